The maximum absolute atomic E-state index is 12.2. The average molecular weight is 350 g/mol. The number of nitrogens with one attached hydrogen (secondary N) is 1. The number of nitrogens with zero attached hydrogens (tertiary/aromatic N) is 1. The Morgan fingerprint density at radius 2 is 1.84 bits per heavy atom. The van der Waals surface area contributed by atoms with Gasteiger partial charge in [-0.3, -0.25) is 4.79 Å². The van der Waals surface area contributed by atoms with Crippen molar-refractivity contribution in [2.45, 2.75) is 19.2 Å². The highest BCUT2D eigenvalue weighted by Gasteiger charge is 2.31. The van der Waals surface area contributed by atoms with Crippen LogP contribution in [-0.2, 0) is 11.2 Å². The predicted octanol–water partition coefficient (Wildman–Crippen LogP) is 3.98. The second-order valence-corrected chi connectivity index (χ2v) is 5.77. The van der Waals surface area contributed by atoms with E-state index in [9.17, 15) is 18.0 Å². The van der Waals surface area contributed by atoms with Crippen LogP contribution >= 0.6 is 0 Å². The van der Waals surface area contributed by atoms with Crippen LogP contribution in [0.5, 0.6) is 5.75 Å². The van der Waals surface area contributed by atoms with Crippen LogP contribution in [-0.4, -0.2) is 25.4 Å². The van der Waals surface area contributed by atoms with Crippen molar-refractivity contribution < 1.29 is 22.7 Å². The van der Waals surface area contributed by atoms with Gasteiger partial charge in [0.2, 0.25) is 5.91 Å². The van der Waals surface area contributed by atoms with Crippen molar-refractivity contribution in [1.82, 2.24) is 0 Å². The number of halogens is 3. The number of benzene rings is 2. The molecule has 0 aromatic heterocycles. The molecular formula is C18H17F3N2O2. The van der Waals surface area contributed by atoms with Crippen molar-refractivity contribution in [3.8, 4) is 5.75 Å². The minimum Gasteiger partial charge on any atom is -0.406 e. The summed E-state index contributed by atoms with van der Waals surface area (Å²) in [4.78, 5) is 14.2. The van der Waals surface area contributed by atoms with E-state index in [2.05, 4.69) is 16.1 Å². The summed E-state index contributed by atoms with van der Waals surface area (Å²) in [6.07, 6.45) is -2.75. The summed E-state index contributed by atoms with van der Waals surface area (Å²) in [7, 11) is 0. The molecule has 0 fully saturated rings. The van der Waals surface area contributed by atoms with Crippen molar-refractivity contribution in [2.75, 3.05) is 23.3 Å². The normalized spacial score (nSPS) is 14.0. The number of aryl methyl sites for hydroxylation is 1. The molecule has 0 unspecified atom stereocenters. The first kappa shape index (κ1) is 17.1. The SMILES string of the molecule is O=C(CN1CCCc2ccccc21)Nc1ccc(OC(F)(F)F)cc1. The highest BCUT2D eigenvalue weighted by molar-refractivity contribution is 5.94. The minimum atomic E-state index is -4.73. The van der Waals surface area contributed by atoms with Gasteiger partial charge in [-0.1, -0.05) is 18.2 Å². The van der Waals surface area contributed by atoms with Crippen LogP contribution in [0.15, 0.2) is 48.5 Å². The van der Waals surface area contributed by atoms with Gasteiger partial charge in [0.05, 0.1) is 6.54 Å². The number of alkyl halides is 3. The third kappa shape index (κ3) is 4.65. The molecule has 0 atom stereocenters. The van der Waals surface area contributed by atoms with E-state index in [0.29, 0.717) is 5.69 Å². The number of hydrogen-bond donors (Lipinski definition) is 1. The van der Waals surface area contributed by atoms with Crippen molar-refractivity contribution in [3.05, 3.63) is 54.1 Å². The van der Waals surface area contributed by atoms with Gasteiger partial charge in [-0.05, 0) is 48.7 Å². The number of carbonyl (C=O) groups excluding carboxylic acids is 1. The summed E-state index contributed by atoms with van der Waals surface area (Å²) in [5.74, 6) is -0.545. The molecule has 2 aromatic carbocycles. The second kappa shape index (κ2) is 7.04. The van der Waals surface area contributed by atoms with E-state index in [1.807, 2.05) is 23.1 Å². The molecule has 1 aliphatic heterocycles. The smallest absolute Gasteiger partial charge is 0.406 e. The van der Waals surface area contributed by atoms with Gasteiger partial charge in [0, 0.05) is 17.9 Å². The third-order valence-corrected chi connectivity index (χ3v) is 3.91. The second-order valence-electron chi connectivity index (χ2n) is 5.77. The molecular weight excluding hydrogens is 333 g/mol. The highest BCUT2D eigenvalue weighted by atomic mass is 19.4. The summed E-state index contributed by atoms with van der Waals surface area (Å²) in [5.41, 5.74) is 2.69. The molecule has 1 heterocycles. The van der Waals surface area contributed by atoms with Gasteiger partial charge < -0.3 is 15.0 Å². The molecule has 25 heavy (non-hydrogen) atoms. The van der Waals surface area contributed by atoms with E-state index >= 15 is 0 Å². The number of para-hydroxylation sites is 1. The third-order valence-electron chi connectivity index (χ3n) is 3.91. The zero-order valence-electron chi connectivity index (χ0n) is 13.3. The molecule has 0 aliphatic carbocycles. The number of anilines is 2. The van der Waals surface area contributed by atoms with E-state index in [0.717, 1.165) is 25.1 Å². The maximum atomic E-state index is 12.2. The van der Waals surface area contributed by atoms with Crippen molar-refractivity contribution in [1.29, 1.82) is 0 Å². The quantitative estimate of drug-likeness (QED) is 0.907. The molecule has 132 valence electrons. The molecule has 0 bridgehead atoms. The van der Waals surface area contributed by atoms with E-state index in [-0.39, 0.29) is 18.2 Å². The van der Waals surface area contributed by atoms with Crippen LogP contribution in [0.2, 0.25) is 0 Å². The topological polar surface area (TPSA) is 41.6 Å². The van der Waals surface area contributed by atoms with Crippen LogP contribution in [0.3, 0.4) is 0 Å². The molecule has 0 saturated heterocycles. The Kier molecular flexibility index (Phi) is 4.83. The lowest BCUT2D eigenvalue weighted by Crippen LogP contribution is -2.36. The summed E-state index contributed by atoms with van der Waals surface area (Å²) in [6, 6.07) is 13.1. The molecule has 0 radical (unpaired) electrons. The lowest BCUT2D eigenvalue weighted by Gasteiger charge is -2.30. The Bertz CT molecular complexity index is 745. The van der Waals surface area contributed by atoms with Gasteiger partial charge in [0.15, 0.2) is 0 Å². The number of amides is 1. The molecule has 1 aliphatic rings. The zero-order valence-corrected chi connectivity index (χ0v) is 13.3. The lowest BCUT2D eigenvalue weighted by atomic mass is 10.0. The number of rotatable bonds is 4. The number of hydrogen-bond acceptors (Lipinski definition) is 3. The summed E-state index contributed by atoms with van der Waals surface area (Å²) >= 11 is 0. The van der Waals surface area contributed by atoms with E-state index in [4.69, 9.17) is 0 Å². The Balaban J connectivity index is 1.60. The highest BCUT2D eigenvalue weighted by Crippen LogP contribution is 2.27. The van der Waals surface area contributed by atoms with Gasteiger partial charge in [-0.2, -0.15) is 0 Å². The molecule has 0 spiro atoms. The Labute approximate surface area is 143 Å². The van der Waals surface area contributed by atoms with Gasteiger partial charge in [-0.25, -0.2) is 0 Å². The Morgan fingerprint density at radius 1 is 1.12 bits per heavy atom. The van der Waals surface area contributed by atoms with Crippen LogP contribution < -0.4 is 15.0 Å². The first-order valence-electron chi connectivity index (χ1n) is 7.89. The number of fused-ring (bicyclic) bond motifs is 1. The Morgan fingerprint density at radius 3 is 2.56 bits per heavy atom. The summed E-state index contributed by atoms with van der Waals surface area (Å²) < 4.78 is 40.2. The monoisotopic (exact) mass is 350 g/mol. The fraction of sp³-hybridized carbons (Fsp3) is 0.278. The predicted molar refractivity (Wildman–Crippen MR) is 88.7 cm³/mol. The van der Waals surface area contributed by atoms with Gasteiger partial charge in [0.1, 0.15) is 5.75 Å². The van der Waals surface area contributed by atoms with E-state index < -0.39 is 6.36 Å². The summed E-state index contributed by atoms with van der Waals surface area (Å²) in [5, 5.41) is 2.69. The summed E-state index contributed by atoms with van der Waals surface area (Å²) in [6.45, 7) is 0.987. The molecule has 0 saturated carbocycles. The number of ether oxygens (including phenoxy) is 1. The van der Waals surface area contributed by atoms with Crippen LogP contribution in [0.4, 0.5) is 24.5 Å². The average Bonchev–Trinajstić information content (AvgIpc) is 2.56. The number of carbonyl (C=O) groups is 1. The first-order valence-corrected chi connectivity index (χ1v) is 7.89. The van der Waals surface area contributed by atoms with Gasteiger partial charge in [0.25, 0.3) is 0 Å². The van der Waals surface area contributed by atoms with Gasteiger partial charge >= 0.3 is 6.36 Å². The fourth-order valence-electron chi connectivity index (χ4n) is 2.89. The molecule has 1 amide bonds. The first-order chi connectivity index (χ1) is 11.9. The molecule has 3 rings (SSSR count). The molecule has 7 heteroatoms. The zero-order chi connectivity index (χ0) is 17.9. The lowest BCUT2D eigenvalue weighted by molar-refractivity contribution is -0.274. The van der Waals surface area contributed by atoms with Crippen molar-refractivity contribution in [3.63, 3.8) is 0 Å². The fourth-order valence-corrected chi connectivity index (χ4v) is 2.89. The van der Waals surface area contributed by atoms with Crippen molar-refractivity contribution >= 4 is 17.3 Å². The van der Waals surface area contributed by atoms with E-state index in [1.165, 1.54) is 29.8 Å². The molecule has 2 aromatic rings. The van der Waals surface area contributed by atoms with E-state index in [1.54, 1.807) is 0 Å². The van der Waals surface area contributed by atoms with Gasteiger partial charge in [-0.15, -0.1) is 13.2 Å². The standard InChI is InChI=1S/C18H17F3N2O2/c19-18(20,21)25-15-9-7-14(8-10-15)22-17(24)12-23-11-3-5-13-4-1-2-6-16(13)23/h1-2,4,6-10H,3,5,11-12H2,(H,22,24). The van der Waals surface area contributed by atoms with Crippen LogP contribution in [0.25, 0.3) is 0 Å². The molecule has 4 nitrogen and oxygen atoms in total. The Hall–Kier alpha value is -2.70. The molecule has 1 N–H and O–H groups in total. The maximum Gasteiger partial charge on any atom is 0.573 e. The minimum absolute atomic E-state index is 0.192. The van der Waals surface area contributed by atoms with Crippen molar-refractivity contribution in [2.24, 2.45) is 0 Å². The van der Waals surface area contributed by atoms with Crippen LogP contribution in [0, 0.1) is 0 Å². The van der Waals surface area contributed by atoms with Crippen LogP contribution in [0.1, 0.15) is 12.0 Å². The largest absolute Gasteiger partial charge is 0.573 e.